The Hall–Kier alpha value is -0.940. The van der Waals surface area contributed by atoms with E-state index in [9.17, 15) is 9.18 Å². The summed E-state index contributed by atoms with van der Waals surface area (Å²) in [6, 6.07) is 3.95. The second-order valence-corrected chi connectivity index (χ2v) is 5.46. The van der Waals surface area contributed by atoms with Gasteiger partial charge in [-0.2, -0.15) is 0 Å². The van der Waals surface area contributed by atoms with Crippen molar-refractivity contribution < 1.29 is 13.9 Å². The molecule has 1 aromatic carbocycles. The Morgan fingerprint density at radius 2 is 2.16 bits per heavy atom. The normalized spacial score (nSPS) is 12.5. The summed E-state index contributed by atoms with van der Waals surface area (Å²) < 4.78 is 18.8. The quantitative estimate of drug-likeness (QED) is 0.867. The minimum Gasteiger partial charge on any atom is -0.380 e. The van der Waals surface area contributed by atoms with Crippen molar-refractivity contribution in [3.63, 3.8) is 0 Å². The molecular weight excluding hydrogens is 313 g/mol. The first kappa shape index (κ1) is 16.1. The van der Waals surface area contributed by atoms with Crippen LogP contribution in [0.15, 0.2) is 22.7 Å². The lowest BCUT2D eigenvalue weighted by Gasteiger charge is -2.22. The van der Waals surface area contributed by atoms with Gasteiger partial charge in [0.25, 0.3) is 5.91 Å². The van der Waals surface area contributed by atoms with E-state index >= 15 is 0 Å². The Labute approximate surface area is 121 Å². The molecule has 106 valence electrons. The highest BCUT2D eigenvalue weighted by molar-refractivity contribution is 9.10. The summed E-state index contributed by atoms with van der Waals surface area (Å²) >= 11 is 3.20. The molecule has 0 aliphatic rings. The highest BCUT2D eigenvalue weighted by Gasteiger charge is 2.18. The SMILES string of the molecule is CCOCC(NC(=O)c1ccc(F)cc1Br)C(C)C. The smallest absolute Gasteiger partial charge is 0.252 e. The van der Waals surface area contributed by atoms with Gasteiger partial charge in [-0.1, -0.05) is 13.8 Å². The topological polar surface area (TPSA) is 38.3 Å². The zero-order valence-electron chi connectivity index (χ0n) is 11.4. The molecule has 0 radical (unpaired) electrons. The molecule has 1 N–H and O–H groups in total. The van der Waals surface area contributed by atoms with Crippen molar-refractivity contribution in [1.29, 1.82) is 0 Å². The van der Waals surface area contributed by atoms with E-state index in [1.165, 1.54) is 18.2 Å². The number of ether oxygens (including phenoxy) is 1. The average molecular weight is 332 g/mol. The van der Waals surface area contributed by atoms with Gasteiger partial charge in [0.15, 0.2) is 0 Å². The fourth-order valence-corrected chi connectivity index (χ4v) is 2.10. The summed E-state index contributed by atoms with van der Waals surface area (Å²) in [5.74, 6) is -0.349. The van der Waals surface area contributed by atoms with Gasteiger partial charge in [-0.05, 0) is 47.0 Å². The van der Waals surface area contributed by atoms with E-state index < -0.39 is 0 Å². The van der Waals surface area contributed by atoms with Gasteiger partial charge in [-0.15, -0.1) is 0 Å². The molecule has 0 heterocycles. The number of hydrogen-bond acceptors (Lipinski definition) is 2. The number of benzene rings is 1. The number of carbonyl (C=O) groups excluding carboxylic acids is 1. The minimum atomic E-state index is -0.377. The molecule has 0 aromatic heterocycles. The highest BCUT2D eigenvalue weighted by atomic mass is 79.9. The van der Waals surface area contributed by atoms with Gasteiger partial charge in [0.05, 0.1) is 18.2 Å². The molecule has 0 saturated carbocycles. The Morgan fingerprint density at radius 3 is 2.68 bits per heavy atom. The third-order valence-electron chi connectivity index (χ3n) is 2.80. The van der Waals surface area contributed by atoms with Gasteiger partial charge < -0.3 is 10.1 Å². The predicted molar refractivity (Wildman–Crippen MR) is 76.7 cm³/mol. The lowest BCUT2D eigenvalue weighted by Crippen LogP contribution is -2.42. The van der Waals surface area contributed by atoms with Crippen molar-refractivity contribution >= 4 is 21.8 Å². The van der Waals surface area contributed by atoms with Crippen LogP contribution in [0.5, 0.6) is 0 Å². The first-order chi connectivity index (χ1) is 8.95. The maximum absolute atomic E-state index is 13.0. The summed E-state index contributed by atoms with van der Waals surface area (Å²) in [5.41, 5.74) is 0.420. The maximum Gasteiger partial charge on any atom is 0.252 e. The number of rotatable bonds is 6. The van der Waals surface area contributed by atoms with Gasteiger partial charge in [-0.25, -0.2) is 4.39 Å². The second kappa shape index (κ2) is 7.60. The van der Waals surface area contributed by atoms with Crippen LogP contribution in [-0.4, -0.2) is 25.2 Å². The molecule has 0 aliphatic heterocycles. The van der Waals surface area contributed by atoms with Crippen LogP contribution in [0, 0.1) is 11.7 Å². The van der Waals surface area contributed by atoms with Crippen LogP contribution < -0.4 is 5.32 Å². The lowest BCUT2D eigenvalue weighted by atomic mass is 10.0. The van der Waals surface area contributed by atoms with Gasteiger partial charge >= 0.3 is 0 Å². The van der Waals surface area contributed by atoms with Gasteiger partial charge in [0.1, 0.15) is 5.82 Å². The zero-order chi connectivity index (χ0) is 14.4. The molecule has 1 rings (SSSR count). The van der Waals surface area contributed by atoms with Crippen LogP contribution in [0.4, 0.5) is 4.39 Å². The summed E-state index contributed by atoms with van der Waals surface area (Å²) in [5, 5.41) is 2.91. The molecular formula is C14H19BrFNO2. The zero-order valence-corrected chi connectivity index (χ0v) is 13.0. The summed E-state index contributed by atoms with van der Waals surface area (Å²) in [6.07, 6.45) is 0. The predicted octanol–water partition coefficient (Wildman–Crippen LogP) is 3.38. The highest BCUT2D eigenvalue weighted by Crippen LogP contribution is 2.18. The first-order valence-corrected chi connectivity index (χ1v) is 7.08. The number of amides is 1. The average Bonchev–Trinajstić information content (AvgIpc) is 2.33. The van der Waals surface area contributed by atoms with Crippen LogP contribution in [0.1, 0.15) is 31.1 Å². The number of hydrogen-bond donors (Lipinski definition) is 1. The minimum absolute atomic E-state index is 0.0654. The van der Waals surface area contributed by atoms with Crippen molar-refractivity contribution in [2.75, 3.05) is 13.2 Å². The Morgan fingerprint density at radius 1 is 1.47 bits per heavy atom. The second-order valence-electron chi connectivity index (χ2n) is 4.61. The largest absolute Gasteiger partial charge is 0.380 e. The first-order valence-electron chi connectivity index (χ1n) is 6.29. The summed E-state index contributed by atoms with van der Waals surface area (Å²) in [7, 11) is 0. The monoisotopic (exact) mass is 331 g/mol. The van der Waals surface area contributed by atoms with Crippen molar-refractivity contribution in [3.05, 3.63) is 34.1 Å². The summed E-state index contributed by atoms with van der Waals surface area (Å²) in [6.45, 7) is 7.03. The van der Waals surface area contributed by atoms with Crippen LogP contribution in [0.3, 0.4) is 0 Å². The van der Waals surface area contributed by atoms with E-state index in [1.807, 2.05) is 20.8 Å². The van der Waals surface area contributed by atoms with Crippen molar-refractivity contribution in [2.45, 2.75) is 26.8 Å². The molecule has 1 amide bonds. The molecule has 0 fully saturated rings. The van der Waals surface area contributed by atoms with Crippen molar-refractivity contribution in [1.82, 2.24) is 5.32 Å². The van der Waals surface area contributed by atoms with Gasteiger partial charge in [0.2, 0.25) is 0 Å². The van der Waals surface area contributed by atoms with E-state index in [1.54, 1.807) is 0 Å². The molecule has 19 heavy (non-hydrogen) atoms. The van der Waals surface area contributed by atoms with Gasteiger partial charge in [-0.3, -0.25) is 4.79 Å². The van der Waals surface area contributed by atoms with E-state index in [-0.39, 0.29) is 23.7 Å². The van der Waals surface area contributed by atoms with Crippen LogP contribution in [0.2, 0.25) is 0 Å². The fraction of sp³-hybridized carbons (Fsp3) is 0.500. The molecule has 1 unspecified atom stereocenters. The Bertz CT molecular complexity index is 437. The number of nitrogens with one attached hydrogen (secondary N) is 1. The van der Waals surface area contributed by atoms with Crippen LogP contribution >= 0.6 is 15.9 Å². The standard InChI is InChI=1S/C14H19BrFNO2/c1-4-19-8-13(9(2)3)17-14(18)11-6-5-10(16)7-12(11)15/h5-7,9,13H,4,8H2,1-3H3,(H,17,18). The Kier molecular flexibility index (Phi) is 6.45. The van der Waals surface area contributed by atoms with Crippen LogP contribution in [0.25, 0.3) is 0 Å². The lowest BCUT2D eigenvalue weighted by molar-refractivity contribution is 0.0805. The van der Waals surface area contributed by atoms with E-state index in [4.69, 9.17) is 4.74 Å². The molecule has 0 spiro atoms. The number of carbonyl (C=O) groups is 1. The molecule has 1 atom stereocenters. The maximum atomic E-state index is 13.0. The molecule has 0 bridgehead atoms. The number of halogens is 2. The molecule has 0 aliphatic carbocycles. The van der Waals surface area contributed by atoms with E-state index in [2.05, 4.69) is 21.2 Å². The Balaban J connectivity index is 2.76. The molecule has 5 heteroatoms. The third kappa shape index (κ3) is 4.91. The third-order valence-corrected chi connectivity index (χ3v) is 3.45. The molecule has 3 nitrogen and oxygen atoms in total. The van der Waals surface area contributed by atoms with Gasteiger partial charge in [0, 0.05) is 11.1 Å². The molecule has 1 aromatic rings. The fourth-order valence-electron chi connectivity index (χ4n) is 1.57. The molecule has 0 saturated heterocycles. The summed E-state index contributed by atoms with van der Waals surface area (Å²) in [4.78, 5) is 12.1. The van der Waals surface area contributed by atoms with Crippen LogP contribution in [-0.2, 0) is 4.74 Å². The van der Waals surface area contributed by atoms with E-state index in [0.29, 0.717) is 23.2 Å². The van der Waals surface area contributed by atoms with E-state index in [0.717, 1.165) is 0 Å². The van der Waals surface area contributed by atoms with Crippen molar-refractivity contribution in [2.24, 2.45) is 5.92 Å². The van der Waals surface area contributed by atoms with Crippen molar-refractivity contribution in [3.8, 4) is 0 Å².